The number of carbonyl (C=O) groups excluding carboxylic acids is 2. The van der Waals surface area contributed by atoms with Crippen molar-refractivity contribution in [2.75, 3.05) is 20.2 Å². The van der Waals surface area contributed by atoms with Gasteiger partial charge in [0.25, 0.3) is 0 Å². The summed E-state index contributed by atoms with van der Waals surface area (Å²) < 4.78 is 5.40. The van der Waals surface area contributed by atoms with Crippen LogP contribution in [0, 0.1) is 0 Å². The third kappa shape index (κ3) is 2.81. The number of hydrogen-bond acceptors (Lipinski definition) is 5. The minimum absolute atomic E-state index is 0.0507. The van der Waals surface area contributed by atoms with Crippen molar-refractivity contribution in [3.8, 4) is 11.5 Å². The Labute approximate surface area is 146 Å². The zero-order valence-corrected chi connectivity index (χ0v) is 14.6. The molecule has 2 aromatic rings. The lowest BCUT2D eigenvalue weighted by Gasteiger charge is -2.23. The molecule has 0 aromatic heterocycles. The number of phenolic OH excluding ortho intramolecular Hbond substituents is 1. The number of ketones is 2. The molecule has 3 rings (SSSR count). The molecule has 2 aromatic carbocycles. The molecule has 25 heavy (non-hydrogen) atoms. The third-order valence-corrected chi connectivity index (χ3v) is 4.67. The largest absolute Gasteiger partial charge is 0.507 e. The SMILES string of the molecule is CCN(CC)Cc1cc(OC)c2c(c1)C(=O)c1cccc(O)c1C2=O. The van der Waals surface area contributed by atoms with Gasteiger partial charge in [-0.3, -0.25) is 14.5 Å². The first-order valence-electron chi connectivity index (χ1n) is 8.36. The summed E-state index contributed by atoms with van der Waals surface area (Å²) in [6, 6.07) is 8.12. The maximum atomic E-state index is 12.9. The van der Waals surface area contributed by atoms with E-state index in [1.807, 2.05) is 0 Å². The number of carbonyl (C=O) groups is 2. The van der Waals surface area contributed by atoms with Gasteiger partial charge in [-0.15, -0.1) is 0 Å². The van der Waals surface area contributed by atoms with Crippen molar-refractivity contribution in [2.45, 2.75) is 20.4 Å². The Bertz CT molecular complexity index is 853. The number of nitrogens with zero attached hydrogens (tertiary/aromatic N) is 1. The molecular formula is C20H21NO4. The molecule has 0 amide bonds. The van der Waals surface area contributed by atoms with Crippen molar-refractivity contribution >= 4 is 11.6 Å². The second kappa shape index (κ2) is 6.69. The van der Waals surface area contributed by atoms with Crippen LogP contribution < -0.4 is 4.74 Å². The van der Waals surface area contributed by atoms with Crippen molar-refractivity contribution < 1.29 is 19.4 Å². The van der Waals surface area contributed by atoms with Gasteiger partial charge in [0, 0.05) is 17.7 Å². The number of methoxy groups -OCH3 is 1. The first-order valence-corrected chi connectivity index (χ1v) is 8.36. The van der Waals surface area contributed by atoms with E-state index in [9.17, 15) is 14.7 Å². The van der Waals surface area contributed by atoms with Crippen LogP contribution in [0.1, 0.15) is 51.3 Å². The van der Waals surface area contributed by atoms with Gasteiger partial charge < -0.3 is 9.84 Å². The minimum Gasteiger partial charge on any atom is -0.507 e. The molecule has 0 spiro atoms. The lowest BCUT2D eigenvalue weighted by atomic mass is 9.82. The van der Waals surface area contributed by atoms with Gasteiger partial charge in [0.05, 0.1) is 18.2 Å². The second-order valence-electron chi connectivity index (χ2n) is 6.04. The lowest BCUT2D eigenvalue weighted by Crippen LogP contribution is -2.25. The maximum Gasteiger partial charge on any atom is 0.201 e. The van der Waals surface area contributed by atoms with Crippen LogP contribution in [0.3, 0.4) is 0 Å². The van der Waals surface area contributed by atoms with Crippen molar-refractivity contribution in [1.29, 1.82) is 0 Å². The Morgan fingerprint density at radius 3 is 2.36 bits per heavy atom. The smallest absolute Gasteiger partial charge is 0.201 e. The molecule has 0 unspecified atom stereocenters. The number of phenols is 1. The van der Waals surface area contributed by atoms with Gasteiger partial charge in [-0.1, -0.05) is 26.0 Å². The summed E-state index contributed by atoms with van der Waals surface area (Å²) in [5, 5.41) is 10.1. The summed E-state index contributed by atoms with van der Waals surface area (Å²) in [6.07, 6.45) is 0. The molecule has 0 aliphatic heterocycles. The van der Waals surface area contributed by atoms with Crippen molar-refractivity contribution in [2.24, 2.45) is 0 Å². The fourth-order valence-electron chi connectivity index (χ4n) is 3.28. The van der Waals surface area contributed by atoms with Gasteiger partial charge in [-0.25, -0.2) is 0 Å². The number of hydrogen-bond donors (Lipinski definition) is 1. The van der Waals surface area contributed by atoms with E-state index in [0.29, 0.717) is 17.9 Å². The summed E-state index contributed by atoms with van der Waals surface area (Å²) in [7, 11) is 1.48. The highest BCUT2D eigenvalue weighted by Gasteiger charge is 2.34. The zero-order chi connectivity index (χ0) is 18.1. The minimum atomic E-state index is -0.381. The predicted octanol–water partition coefficient (Wildman–Crippen LogP) is 3.02. The first kappa shape index (κ1) is 17.2. The van der Waals surface area contributed by atoms with Crippen LogP contribution in [-0.2, 0) is 6.54 Å². The van der Waals surface area contributed by atoms with Crippen molar-refractivity contribution in [1.82, 2.24) is 4.90 Å². The molecule has 1 N–H and O–H groups in total. The van der Waals surface area contributed by atoms with E-state index < -0.39 is 0 Å². The van der Waals surface area contributed by atoms with Gasteiger partial charge in [0.15, 0.2) is 5.78 Å². The molecule has 1 aliphatic rings. The Morgan fingerprint density at radius 1 is 1.00 bits per heavy atom. The predicted molar refractivity (Wildman–Crippen MR) is 94.6 cm³/mol. The molecule has 130 valence electrons. The van der Waals surface area contributed by atoms with Crippen LogP contribution in [0.5, 0.6) is 11.5 Å². The van der Waals surface area contributed by atoms with Crippen LogP contribution in [0.15, 0.2) is 30.3 Å². The average Bonchev–Trinajstić information content (AvgIpc) is 2.63. The van der Waals surface area contributed by atoms with E-state index in [1.165, 1.54) is 13.2 Å². The van der Waals surface area contributed by atoms with Gasteiger partial charge in [0.2, 0.25) is 5.78 Å². The molecule has 0 bridgehead atoms. The highest BCUT2D eigenvalue weighted by Crippen LogP contribution is 2.37. The van der Waals surface area contributed by atoms with Crippen LogP contribution in [0.2, 0.25) is 0 Å². The third-order valence-electron chi connectivity index (χ3n) is 4.67. The van der Waals surface area contributed by atoms with E-state index in [-0.39, 0.29) is 34.0 Å². The van der Waals surface area contributed by atoms with Gasteiger partial charge in [-0.2, -0.15) is 0 Å². The number of fused-ring (bicyclic) bond motifs is 2. The Kier molecular flexibility index (Phi) is 4.59. The van der Waals surface area contributed by atoms with Crippen molar-refractivity contribution in [3.63, 3.8) is 0 Å². The molecule has 1 aliphatic carbocycles. The van der Waals surface area contributed by atoms with E-state index in [1.54, 1.807) is 24.3 Å². The summed E-state index contributed by atoms with van der Waals surface area (Å²) >= 11 is 0. The number of benzene rings is 2. The fraction of sp³-hybridized carbons (Fsp3) is 0.300. The summed E-state index contributed by atoms with van der Waals surface area (Å²) in [5.41, 5.74) is 1.77. The highest BCUT2D eigenvalue weighted by molar-refractivity contribution is 6.30. The molecule has 0 atom stereocenters. The number of rotatable bonds is 5. The molecule has 5 heteroatoms. The fourth-order valence-corrected chi connectivity index (χ4v) is 3.28. The second-order valence-corrected chi connectivity index (χ2v) is 6.04. The average molecular weight is 339 g/mol. The summed E-state index contributed by atoms with van der Waals surface area (Å²) in [4.78, 5) is 28.0. The first-order chi connectivity index (χ1) is 12.0. The van der Waals surface area contributed by atoms with Crippen LogP contribution in [0.4, 0.5) is 0 Å². The number of aromatic hydroxyl groups is 1. The quantitative estimate of drug-likeness (QED) is 0.774. The van der Waals surface area contributed by atoms with E-state index in [2.05, 4.69) is 18.7 Å². The monoisotopic (exact) mass is 339 g/mol. The molecule has 0 fully saturated rings. The maximum absolute atomic E-state index is 12.9. The molecule has 0 saturated carbocycles. The Morgan fingerprint density at radius 2 is 1.72 bits per heavy atom. The molecule has 5 nitrogen and oxygen atoms in total. The Hall–Kier alpha value is -2.66. The molecular weight excluding hydrogens is 318 g/mol. The van der Waals surface area contributed by atoms with Crippen LogP contribution in [0.25, 0.3) is 0 Å². The lowest BCUT2D eigenvalue weighted by molar-refractivity contribution is 0.0974. The zero-order valence-electron chi connectivity index (χ0n) is 14.6. The van der Waals surface area contributed by atoms with Gasteiger partial charge in [0.1, 0.15) is 11.5 Å². The number of ether oxygens (including phenoxy) is 1. The summed E-state index contributed by atoms with van der Waals surface area (Å²) in [5.74, 6) is -0.461. The summed E-state index contributed by atoms with van der Waals surface area (Å²) in [6.45, 7) is 6.60. The highest BCUT2D eigenvalue weighted by atomic mass is 16.5. The molecule has 0 saturated heterocycles. The standard InChI is InChI=1S/C20H21NO4/c1-4-21(5-2)11-12-9-14-18(16(10-12)25-3)20(24)17-13(19(14)23)7-6-8-15(17)22/h6-10,22H,4-5,11H2,1-3H3. The van der Waals surface area contributed by atoms with E-state index >= 15 is 0 Å². The van der Waals surface area contributed by atoms with Crippen molar-refractivity contribution in [3.05, 3.63) is 58.1 Å². The van der Waals surface area contributed by atoms with Crippen LogP contribution >= 0.6 is 0 Å². The topological polar surface area (TPSA) is 66.8 Å². The van der Waals surface area contributed by atoms with Gasteiger partial charge in [-0.05, 0) is 36.9 Å². The Balaban J connectivity index is 2.17. The van der Waals surface area contributed by atoms with Gasteiger partial charge >= 0.3 is 0 Å². The van der Waals surface area contributed by atoms with E-state index in [0.717, 1.165) is 18.7 Å². The molecule has 0 radical (unpaired) electrons. The normalized spacial score (nSPS) is 13.0. The molecule has 0 heterocycles. The van der Waals surface area contributed by atoms with E-state index in [4.69, 9.17) is 4.74 Å². The van der Waals surface area contributed by atoms with Crippen LogP contribution in [-0.4, -0.2) is 41.8 Å².